The van der Waals surface area contributed by atoms with Crippen molar-refractivity contribution in [1.29, 1.82) is 0 Å². The van der Waals surface area contributed by atoms with Crippen molar-refractivity contribution in [3.63, 3.8) is 0 Å². The van der Waals surface area contributed by atoms with Crippen LogP contribution >= 0.6 is 15.9 Å². The van der Waals surface area contributed by atoms with E-state index in [1.807, 2.05) is 13.0 Å². The van der Waals surface area contributed by atoms with Crippen LogP contribution in [0, 0.1) is 12.7 Å². The molecule has 60 valence electrons. The van der Waals surface area contributed by atoms with Gasteiger partial charge in [-0.3, -0.25) is 0 Å². The number of aryl methyl sites for hydroxylation is 1. The molecule has 0 aliphatic rings. The third-order valence-corrected chi connectivity index (χ3v) is 1.94. The normalized spacial score (nSPS) is 9.82. The molecule has 0 fully saturated rings. The molecule has 0 aromatic heterocycles. The Bertz CT molecular complexity index is 250. The van der Waals surface area contributed by atoms with Gasteiger partial charge in [-0.05, 0) is 40.5 Å². The van der Waals surface area contributed by atoms with Gasteiger partial charge in [0, 0.05) is 0 Å². The molecule has 0 heterocycles. The molecule has 0 aliphatic heterocycles. The fourth-order valence-corrected chi connectivity index (χ4v) is 1.59. The highest BCUT2D eigenvalue weighted by Crippen LogP contribution is 2.28. The summed E-state index contributed by atoms with van der Waals surface area (Å²) in [5.74, 6) is -0.0741. The smallest absolute Gasteiger partial charge is 0.168 e. The average Bonchev–Trinajstić information content (AvgIpc) is 1.85. The number of hydrogen-bond acceptors (Lipinski definition) is 1. The summed E-state index contributed by atoms with van der Waals surface area (Å²) in [6, 6.07) is 3.24. The Kier molecular flexibility index (Phi) is 2.49. The highest BCUT2D eigenvalue weighted by atomic mass is 79.9. The number of ether oxygens (including phenoxy) is 1. The summed E-state index contributed by atoms with van der Waals surface area (Å²) in [5.41, 5.74) is 0.871. The molecule has 3 heteroatoms. The SMILES string of the molecule is COc1c(F)cc(C)cc1Br. The van der Waals surface area contributed by atoms with Gasteiger partial charge in [0.1, 0.15) is 0 Å². The Labute approximate surface area is 73.3 Å². The van der Waals surface area contributed by atoms with Crippen LogP contribution in [-0.4, -0.2) is 7.11 Å². The van der Waals surface area contributed by atoms with E-state index in [1.54, 1.807) is 0 Å². The summed E-state index contributed by atoms with van der Waals surface area (Å²) < 4.78 is 18.4. The molecule has 11 heavy (non-hydrogen) atoms. The van der Waals surface area contributed by atoms with Crippen LogP contribution in [0.15, 0.2) is 16.6 Å². The van der Waals surface area contributed by atoms with E-state index >= 15 is 0 Å². The second-order valence-corrected chi connectivity index (χ2v) is 3.12. The van der Waals surface area contributed by atoms with Crippen LogP contribution in [0.1, 0.15) is 5.56 Å². The van der Waals surface area contributed by atoms with E-state index in [1.165, 1.54) is 13.2 Å². The maximum atomic E-state index is 13.0. The first-order valence-electron chi connectivity index (χ1n) is 3.15. The van der Waals surface area contributed by atoms with Gasteiger partial charge in [-0.1, -0.05) is 0 Å². The summed E-state index contributed by atoms with van der Waals surface area (Å²) in [6.45, 7) is 1.83. The maximum Gasteiger partial charge on any atom is 0.168 e. The number of methoxy groups -OCH3 is 1. The summed E-state index contributed by atoms with van der Waals surface area (Å²) in [5, 5.41) is 0. The largest absolute Gasteiger partial charge is 0.492 e. The van der Waals surface area contributed by atoms with E-state index in [4.69, 9.17) is 4.74 Å². The van der Waals surface area contributed by atoms with Gasteiger partial charge in [0.15, 0.2) is 11.6 Å². The topological polar surface area (TPSA) is 9.23 Å². The van der Waals surface area contributed by atoms with Crippen molar-refractivity contribution in [1.82, 2.24) is 0 Å². The first kappa shape index (κ1) is 8.53. The lowest BCUT2D eigenvalue weighted by atomic mass is 10.2. The third-order valence-electron chi connectivity index (χ3n) is 1.35. The molecule has 1 aromatic rings. The molecule has 0 amide bonds. The standard InChI is InChI=1S/C8H8BrFO/c1-5-3-6(9)8(11-2)7(10)4-5/h3-4H,1-2H3. The zero-order valence-corrected chi connectivity index (χ0v) is 7.90. The number of benzene rings is 1. The predicted octanol–water partition coefficient (Wildman–Crippen LogP) is 2.91. The Morgan fingerprint density at radius 1 is 1.45 bits per heavy atom. The van der Waals surface area contributed by atoms with E-state index in [0.717, 1.165) is 5.56 Å². The van der Waals surface area contributed by atoms with E-state index in [9.17, 15) is 4.39 Å². The van der Waals surface area contributed by atoms with Crippen LogP contribution in [0.3, 0.4) is 0 Å². The van der Waals surface area contributed by atoms with E-state index in [2.05, 4.69) is 15.9 Å². The van der Waals surface area contributed by atoms with E-state index in [0.29, 0.717) is 4.47 Å². The van der Waals surface area contributed by atoms with Crippen molar-refractivity contribution in [2.75, 3.05) is 7.11 Å². The van der Waals surface area contributed by atoms with Gasteiger partial charge >= 0.3 is 0 Å². The van der Waals surface area contributed by atoms with Gasteiger partial charge in [-0.25, -0.2) is 4.39 Å². The molecule has 1 nitrogen and oxygen atoms in total. The average molecular weight is 219 g/mol. The zero-order chi connectivity index (χ0) is 8.43. The number of rotatable bonds is 1. The Morgan fingerprint density at radius 2 is 2.09 bits per heavy atom. The quantitative estimate of drug-likeness (QED) is 0.705. The summed E-state index contributed by atoms with van der Waals surface area (Å²) >= 11 is 3.19. The van der Waals surface area contributed by atoms with Gasteiger partial charge in [0.05, 0.1) is 11.6 Å². The summed E-state index contributed by atoms with van der Waals surface area (Å²) in [7, 11) is 1.44. The molecule has 0 saturated carbocycles. The van der Waals surface area contributed by atoms with Gasteiger partial charge in [-0.15, -0.1) is 0 Å². The van der Waals surface area contributed by atoms with Crippen molar-refractivity contribution in [2.45, 2.75) is 6.92 Å². The fourth-order valence-electron chi connectivity index (χ4n) is 0.882. The van der Waals surface area contributed by atoms with Crippen molar-refractivity contribution in [2.24, 2.45) is 0 Å². The van der Waals surface area contributed by atoms with Gasteiger partial charge < -0.3 is 4.74 Å². The minimum absolute atomic E-state index is 0.260. The molecule has 1 rings (SSSR count). The summed E-state index contributed by atoms with van der Waals surface area (Å²) in [4.78, 5) is 0. The molecule has 0 spiro atoms. The molecule has 0 bridgehead atoms. The molecule has 1 aromatic carbocycles. The maximum absolute atomic E-state index is 13.0. The van der Waals surface area contributed by atoms with Gasteiger partial charge in [0.2, 0.25) is 0 Å². The lowest BCUT2D eigenvalue weighted by molar-refractivity contribution is 0.383. The minimum atomic E-state index is -0.334. The van der Waals surface area contributed by atoms with Crippen LogP contribution in [-0.2, 0) is 0 Å². The van der Waals surface area contributed by atoms with Crippen molar-refractivity contribution in [3.8, 4) is 5.75 Å². The van der Waals surface area contributed by atoms with Crippen LogP contribution in [0.5, 0.6) is 5.75 Å². The molecule has 0 N–H and O–H groups in total. The molecule has 0 saturated heterocycles. The fraction of sp³-hybridized carbons (Fsp3) is 0.250. The van der Waals surface area contributed by atoms with E-state index < -0.39 is 0 Å². The Morgan fingerprint density at radius 3 is 2.55 bits per heavy atom. The zero-order valence-electron chi connectivity index (χ0n) is 6.32. The molecule has 0 aliphatic carbocycles. The Balaban J connectivity index is 3.25. The molecule has 0 radical (unpaired) electrons. The highest BCUT2D eigenvalue weighted by molar-refractivity contribution is 9.10. The van der Waals surface area contributed by atoms with Crippen LogP contribution in [0.2, 0.25) is 0 Å². The first-order chi connectivity index (χ1) is 5.15. The highest BCUT2D eigenvalue weighted by Gasteiger charge is 2.06. The van der Waals surface area contributed by atoms with Gasteiger partial charge in [0.25, 0.3) is 0 Å². The number of halogens is 2. The van der Waals surface area contributed by atoms with Crippen molar-refractivity contribution in [3.05, 3.63) is 28.0 Å². The van der Waals surface area contributed by atoms with Gasteiger partial charge in [-0.2, -0.15) is 0 Å². The van der Waals surface area contributed by atoms with Crippen molar-refractivity contribution >= 4 is 15.9 Å². The summed E-state index contributed by atoms with van der Waals surface area (Å²) in [6.07, 6.45) is 0. The number of hydrogen-bond donors (Lipinski definition) is 0. The van der Waals surface area contributed by atoms with Crippen molar-refractivity contribution < 1.29 is 9.13 Å². The van der Waals surface area contributed by atoms with Crippen LogP contribution < -0.4 is 4.74 Å². The molecule has 0 unspecified atom stereocenters. The monoisotopic (exact) mass is 218 g/mol. The van der Waals surface area contributed by atoms with Crippen LogP contribution in [0.25, 0.3) is 0 Å². The van der Waals surface area contributed by atoms with Crippen LogP contribution in [0.4, 0.5) is 4.39 Å². The predicted molar refractivity (Wildman–Crippen MR) is 45.4 cm³/mol. The second kappa shape index (κ2) is 3.22. The molecular weight excluding hydrogens is 211 g/mol. The molecular formula is C8H8BrFO. The lowest BCUT2D eigenvalue weighted by Crippen LogP contribution is -1.89. The minimum Gasteiger partial charge on any atom is -0.492 e. The Hall–Kier alpha value is -0.570. The van der Waals surface area contributed by atoms with E-state index in [-0.39, 0.29) is 11.6 Å². The third kappa shape index (κ3) is 1.71. The second-order valence-electron chi connectivity index (χ2n) is 2.26. The lowest BCUT2D eigenvalue weighted by Gasteiger charge is -2.04. The first-order valence-corrected chi connectivity index (χ1v) is 3.94. The molecule has 0 atom stereocenters.